The van der Waals surface area contributed by atoms with Gasteiger partial charge in [-0.1, -0.05) is 30.3 Å². The van der Waals surface area contributed by atoms with Crippen LogP contribution in [0.3, 0.4) is 0 Å². The molecule has 0 spiro atoms. The van der Waals surface area contributed by atoms with Gasteiger partial charge in [-0.15, -0.1) is 0 Å². The van der Waals surface area contributed by atoms with Crippen molar-refractivity contribution in [2.24, 2.45) is 0 Å². The van der Waals surface area contributed by atoms with Crippen LogP contribution in [-0.4, -0.2) is 30.6 Å². The van der Waals surface area contributed by atoms with Crippen molar-refractivity contribution in [3.05, 3.63) is 35.9 Å². The van der Waals surface area contributed by atoms with Gasteiger partial charge in [-0.3, -0.25) is 4.90 Å². The smallest absolute Gasteiger partial charge is 0.0236 e. The predicted molar refractivity (Wildman–Crippen MR) is 68.4 cm³/mol. The Kier molecular flexibility index (Phi) is 3.97. The summed E-state index contributed by atoms with van der Waals surface area (Å²) in [6.45, 7) is 4.65. The third kappa shape index (κ3) is 2.83. The number of piperidine rings is 1. The topological polar surface area (TPSA) is 15.3 Å². The van der Waals surface area contributed by atoms with Gasteiger partial charge < -0.3 is 5.32 Å². The summed E-state index contributed by atoms with van der Waals surface area (Å²) >= 11 is 0. The van der Waals surface area contributed by atoms with Crippen LogP contribution < -0.4 is 5.32 Å². The Morgan fingerprint density at radius 3 is 2.69 bits per heavy atom. The Morgan fingerprint density at radius 1 is 1.31 bits per heavy atom. The Balaban J connectivity index is 1.92. The first kappa shape index (κ1) is 11.6. The molecular weight excluding hydrogens is 196 g/mol. The molecule has 0 radical (unpaired) electrons. The van der Waals surface area contributed by atoms with Crippen molar-refractivity contribution in [2.75, 3.05) is 13.6 Å². The highest BCUT2D eigenvalue weighted by atomic mass is 15.2. The molecule has 1 fully saturated rings. The van der Waals surface area contributed by atoms with E-state index in [1.54, 1.807) is 0 Å². The Bertz CT molecular complexity index is 310. The summed E-state index contributed by atoms with van der Waals surface area (Å²) in [7, 11) is 2.07. The first-order valence-electron chi connectivity index (χ1n) is 6.25. The number of rotatable bonds is 3. The van der Waals surface area contributed by atoms with Crippen LogP contribution >= 0.6 is 0 Å². The van der Waals surface area contributed by atoms with E-state index in [0.29, 0.717) is 12.1 Å². The number of likely N-dealkylation sites (tertiary alicyclic amines) is 1. The molecule has 0 unspecified atom stereocenters. The van der Waals surface area contributed by atoms with Gasteiger partial charge in [-0.25, -0.2) is 0 Å². The van der Waals surface area contributed by atoms with E-state index in [1.165, 1.54) is 24.9 Å². The Morgan fingerprint density at radius 2 is 2.06 bits per heavy atom. The second kappa shape index (κ2) is 5.46. The molecule has 1 N–H and O–H groups in total. The molecule has 0 aliphatic carbocycles. The van der Waals surface area contributed by atoms with Crippen LogP contribution in [-0.2, 0) is 6.54 Å². The summed E-state index contributed by atoms with van der Waals surface area (Å²) < 4.78 is 0. The van der Waals surface area contributed by atoms with E-state index < -0.39 is 0 Å². The van der Waals surface area contributed by atoms with Crippen molar-refractivity contribution >= 4 is 0 Å². The lowest BCUT2D eigenvalue weighted by Crippen LogP contribution is -2.46. The quantitative estimate of drug-likeness (QED) is 0.837. The van der Waals surface area contributed by atoms with Crippen LogP contribution in [0.4, 0.5) is 0 Å². The zero-order chi connectivity index (χ0) is 11.4. The number of nitrogens with zero attached hydrogens (tertiary/aromatic N) is 1. The van der Waals surface area contributed by atoms with Crippen molar-refractivity contribution in [3.63, 3.8) is 0 Å². The maximum atomic E-state index is 3.39. The number of benzene rings is 1. The first-order valence-corrected chi connectivity index (χ1v) is 6.25. The molecule has 0 bridgehead atoms. The SMILES string of the molecule is CN[C@H]1CCN(Cc2ccccc2)[C@@H](C)C1. The fourth-order valence-corrected chi connectivity index (χ4v) is 2.54. The van der Waals surface area contributed by atoms with E-state index in [1.807, 2.05) is 0 Å². The molecule has 1 aliphatic rings. The first-order chi connectivity index (χ1) is 7.79. The molecule has 16 heavy (non-hydrogen) atoms. The molecule has 2 atom stereocenters. The van der Waals surface area contributed by atoms with Gasteiger partial charge in [-0.05, 0) is 32.4 Å². The highest BCUT2D eigenvalue weighted by molar-refractivity contribution is 5.14. The molecule has 1 heterocycles. The zero-order valence-corrected chi connectivity index (χ0v) is 10.3. The number of nitrogens with one attached hydrogen (secondary N) is 1. The summed E-state index contributed by atoms with van der Waals surface area (Å²) in [6.07, 6.45) is 2.54. The molecule has 1 aromatic carbocycles. The molecule has 0 saturated carbocycles. The second-order valence-corrected chi connectivity index (χ2v) is 4.82. The molecule has 1 aromatic rings. The van der Waals surface area contributed by atoms with Crippen LogP contribution in [0, 0.1) is 0 Å². The van der Waals surface area contributed by atoms with Gasteiger partial charge >= 0.3 is 0 Å². The van der Waals surface area contributed by atoms with Crippen LogP contribution in [0.2, 0.25) is 0 Å². The minimum atomic E-state index is 0.686. The molecule has 1 aliphatic heterocycles. The second-order valence-electron chi connectivity index (χ2n) is 4.82. The van der Waals surface area contributed by atoms with E-state index in [0.717, 1.165) is 6.54 Å². The fraction of sp³-hybridized carbons (Fsp3) is 0.571. The molecule has 2 nitrogen and oxygen atoms in total. The largest absolute Gasteiger partial charge is 0.317 e. The van der Waals surface area contributed by atoms with Crippen molar-refractivity contribution < 1.29 is 0 Å². The molecular formula is C14H22N2. The van der Waals surface area contributed by atoms with E-state index in [4.69, 9.17) is 0 Å². The molecule has 0 amide bonds. The van der Waals surface area contributed by atoms with Gasteiger partial charge in [0.05, 0.1) is 0 Å². The van der Waals surface area contributed by atoms with Crippen molar-refractivity contribution in [1.29, 1.82) is 0 Å². The van der Waals surface area contributed by atoms with Crippen LogP contribution in [0.25, 0.3) is 0 Å². The minimum absolute atomic E-state index is 0.686. The fourth-order valence-electron chi connectivity index (χ4n) is 2.54. The van der Waals surface area contributed by atoms with Crippen LogP contribution in [0.5, 0.6) is 0 Å². The molecule has 2 heteroatoms. The van der Waals surface area contributed by atoms with Crippen molar-refractivity contribution in [2.45, 2.75) is 38.4 Å². The lowest BCUT2D eigenvalue weighted by molar-refractivity contribution is 0.131. The normalized spacial score (nSPS) is 26.9. The Hall–Kier alpha value is -0.860. The zero-order valence-electron chi connectivity index (χ0n) is 10.3. The van der Waals surface area contributed by atoms with Gasteiger partial charge in [0.25, 0.3) is 0 Å². The van der Waals surface area contributed by atoms with Gasteiger partial charge in [0, 0.05) is 25.2 Å². The maximum absolute atomic E-state index is 3.39. The van der Waals surface area contributed by atoms with Gasteiger partial charge in [0.15, 0.2) is 0 Å². The molecule has 88 valence electrons. The van der Waals surface area contributed by atoms with E-state index in [-0.39, 0.29) is 0 Å². The summed E-state index contributed by atoms with van der Waals surface area (Å²) in [5.41, 5.74) is 1.43. The lowest BCUT2D eigenvalue weighted by atomic mass is 9.98. The van der Waals surface area contributed by atoms with Gasteiger partial charge in [0.2, 0.25) is 0 Å². The summed E-state index contributed by atoms with van der Waals surface area (Å²) in [4.78, 5) is 2.59. The molecule has 2 rings (SSSR count). The minimum Gasteiger partial charge on any atom is -0.317 e. The average molecular weight is 218 g/mol. The molecule has 1 saturated heterocycles. The predicted octanol–water partition coefficient (Wildman–Crippen LogP) is 2.26. The highest BCUT2D eigenvalue weighted by Crippen LogP contribution is 2.19. The summed E-state index contributed by atoms with van der Waals surface area (Å²) in [5.74, 6) is 0. The van der Waals surface area contributed by atoms with Crippen molar-refractivity contribution in [1.82, 2.24) is 10.2 Å². The van der Waals surface area contributed by atoms with Crippen LogP contribution in [0.1, 0.15) is 25.3 Å². The Labute approximate surface area is 98.7 Å². The van der Waals surface area contributed by atoms with Crippen LogP contribution in [0.15, 0.2) is 30.3 Å². The standard InChI is InChI=1S/C14H22N2/c1-12-10-14(15-2)8-9-16(12)11-13-6-4-3-5-7-13/h3-7,12,14-15H,8-11H2,1-2H3/t12-,14-/m0/s1. The summed E-state index contributed by atoms with van der Waals surface area (Å²) in [6, 6.07) is 12.2. The van der Waals surface area contributed by atoms with E-state index in [9.17, 15) is 0 Å². The van der Waals surface area contributed by atoms with E-state index >= 15 is 0 Å². The van der Waals surface area contributed by atoms with Gasteiger partial charge in [-0.2, -0.15) is 0 Å². The third-order valence-electron chi connectivity index (χ3n) is 3.65. The molecule has 0 aromatic heterocycles. The monoisotopic (exact) mass is 218 g/mol. The lowest BCUT2D eigenvalue weighted by Gasteiger charge is -2.37. The van der Waals surface area contributed by atoms with E-state index in [2.05, 4.69) is 54.5 Å². The van der Waals surface area contributed by atoms with Crippen molar-refractivity contribution in [3.8, 4) is 0 Å². The highest BCUT2D eigenvalue weighted by Gasteiger charge is 2.23. The van der Waals surface area contributed by atoms with Gasteiger partial charge in [0.1, 0.15) is 0 Å². The third-order valence-corrected chi connectivity index (χ3v) is 3.65. The number of hydrogen-bond donors (Lipinski definition) is 1. The summed E-state index contributed by atoms with van der Waals surface area (Å²) in [5, 5.41) is 3.39. The maximum Gasteiger partial charge on any atom is 0.0236 e. The number of hydrogen-bond acceptors (Lipinski definition) is 2. The average Bonchev–Trinajstić information content (AvgIpc) is 2.33.